The number of likely N-dealkylation sites (N-methyl/N-ethyl adjacent to an activating group) is 1. The predicted octanol–water partition coefficient (Wildman–Crippen LogP) is 2.93. The molecular formula is C20H18N2O4. The average Bonchev–Trinajstić information content (AvgIpc) is 3.10. The van der Waals surface area contributed by atoms with E-state index in [4.69, 9.17) is 9.15 Å². The maximum Gasteiger partial charge on any atom is 0.294 e. The lowest BCUT2D eigenvalue weighted by Crippen LogP contribution is -2.50. The quantitative estimate of drug-likeness (QED) is 0.713. The first kappa shape index (κ1) is 16.2. The van der Waals surface area contributed by atoms with Gasteiger partial charge in [-0.25, -0.2) is 0 Å². The minimum absolute atomic E-state index is 0.129. The van der Waals surface area contributed by atoms with Crippen molar-refractivity contribution in [3.63, 3.8) is 0 Å². The Morgan fingerprint density at radius 2 is 1.81 bits per heavy atom. The molecule has 0 saturated carbocycles. The molecule has 6 nitrogen and oxygen atoms in total. The lowest BCUT2D eigenvalue weighted by atomic mass is 10.1. The van der Waals surface area contributed by atoms with Gasteiger partial charge >= 0.3 is 0 Å². The third-order valence-electron chi connectivity index (χ3n) is 4.37. The summed E-state index contributed by atoms with van der Waals surface area (Å²) in [5.41, 5.74) is 1.28. The zero-order valence-electron chi connectivity index (χ0n) is 14.5. The molecule has 1 atom stereocenters. The number of ether oxygens (including phenoxy) is 1. The molecule has 132 valence electrons. The fraction of sp³-hybridized carbons (Fsp3) is 0.200. The highest BCUT2D eigenvalue weighted by molar-refractivity contribution is 6.08. The summed E-state index contributed by atoms with van der Waals surface area (Å²) in [5, 5.41) is 0.860. The van der Waals surface area contributed by atoms with Crippen LogP contribution >= 0.6 is 0 Å². The van der Waals surface area contributed by atoms with Crippen molar-refractivity contribution in [2.24, 2.45) is 0 Å². The molecule has 0 unspecified atom stereocenters. The van der Waals surface area contributed by atoms with Crippen LogP contribution in [-0.2, 0) is 4.79 Å². The Morgan fingerprint density at radius 3 is 2.58 bits per heavy atom. The number of fused-ring (bicyclic) bond motifs is 2. The van der Waals surface area contributed by atoms with E-state index in [1.54, 1.807) is 37.2 Å². The number of anilines is 1. The third kappa shape index (κ3) is 2.69. The minimum atomic E-state index is -0.756. The number of amides is 2. The van der Waals surface area contributed by atoms with Crippen LogP contribution in [0.15, 0.2) is 59.0 Å². The van der Waals surface area contributed by atoms with Crippen LogP contribution < -0.4 is 9.64 Å². The molecule has 0 bridgehead atoms. The lowest BCUT2D eigenvalue weighted by molar-refractivity contribution is -0.135. The Morgan fingerprint density at radius 1 is 1.08 bits per heavy atom. The molecule has 2 amide bonds. The van der Waals surface area contributed by atoms with Gasteiger partial charge in [0.1, 0.15) is 11.3 Å². The van der Waals surface area contributed by atoms with Crippen molar-refractivity contribution in [2.75, 3.05) is 25.5 Å². The highest BCUT2D eigenvalue weighted by atomic mass is 16.5. The first-order valence-electron chi connectivity index (χ1n) is 8.32. The highest BCUT2D eigenvalue weighted by Gasteiger charge is 2.35. The normalized spacial score (nSPS) is 16.1. The van der Waals surface area contributed by atoms with Gasteiger partial charge in [-0.1, -0.05) is 30.3 Å². The van der Waals surface area contributed by atoms with Crippen LogP contribution in [0.25, 0.3) is 11.0 Å². The van der Waals surface area contributed by atoms with Crippen LogP contribution in [0.4, 0.5) is 5.69 Å². The van der Waals surface area contributed by atoms with Gasteiger partial charge in [-0.15, -0.1) is 0 Å². The van der Waals surface area contributed by atoms with Crippen molar-refractivity contribution >= 4 is 28.5 Å². The van der Waals surface area contributed by atoms with E-state index < -0.39 is 6.10 Å². The van der Waals surface area contributed by atoms with Gasteiger partial charge in [-0.05, 0) is 24.3 Å². The van der Waals surface area contributed by atoms with Gasteiger partial charge in [0.2, 0.25) is 0 Å². The molecule has 1 aliphatic rings. The Bertz CT molecular complexity index is 959. The molecule has 0 spiro atoms. The smallest absolute Gasteiger partial charge is 0.294 e. The second-order valence-electron chi connectivity index (χ2n) is 6.37. The van der Waals surface area contributed by atoms with Crippen molar-refractivity contribution in [1.29, 1.82) is 0 Å². The first-order valence-corrected chi connectivity index (χ1v) is 8.32. The molecule has 0 aliphatic carbocycles. The molecule has 2 aromatic carbocycles. The fourth-order valence-electron chi connectivity index (χ4n) is 3.06. The molecule has 0 N–H and O–H groups in total. The summed E-state index contributed by atoms with van der Waals surface area (Å²) >= 11 is 0. The van der Waals surface area contributed by atoms with Crippen LogP contribution in [0.5, 0.6) is 5.75 Å². The number of furan rings is 1. The summed E-state index contributed by atoms with van der Waals surface area (Å²) in [6.45, 7) is 0.129. The molecule has 0 radical (unpaired) electrons. The maximum absolute atomic E-state index is 13.1. The van der Waals surface area contributed by atoms with E-state index in [-0.39, 0.29) is 24.1 Å². The average molecular weight is 350 g/mol. The molecule has 3 aromatic rings. The highest BCUT2D eigenvalue weighted by Crippen LogP contribution is 2.35. The second kappa shape index (κ2) is 6.22. The third-order valence-corrected chi connectivity index (χ3v) is 4.37. The summed E-state index contributed by atoms with van der Waals surface area (Å²) in [7, 11) is 3.33. The van der Waals surface area contributed by atoms with Crippen molar-refractivity contribution in [1.82, 2.24) is 4.90 Å². The van der Waals surface area contributed by atoms with Crippen molar-refractivity contribution in [2.45, 2.75) is 6.10 Å². The van der Waals surface area contributed by atoms with E-state index in [0.29, 0.717) is 17.0 Å². The van der Waals surface area contributed by atoms with Gasteiger partial charge in [0.15, 0.2) is 11.9 Å². The summed E-state index contributed by atoms with van der Waals surface area (Å²) in [6, 6.07) is 16.4. The zero-order valence-corrected chi connectivity index (χ0v) is 14.5. The van der Waals surface area contributed by atoms with E-state index >= 15 is 0 Å². The van der Waals surface area contributed by atoms with Gasteiger partial charge in [0.25, 0.3) is 11.8 Å². The van der Waals surface area contributed by atoms with Gasteiger partial charge < -0.3 is 14.1 Å². The molecule has 0 saturated heterocycles. The van der Waals surface area contributed by atoms with Crippen LogP contribution in [-0.4, -0.2) is 43.5 Å². The minimum Gasteiger partial charge on any atom is -0.476 e. The van der Waals surface area contributed by atoms with Crippen molar-refractivity contribution in [3.8, 4) is 5.75 Å². The van der Waals surface area contributed by atoms with E-state index in [1.807, 2.05) is 36.4 Å². The molecule has 0 fully saturated rings. The Kier molecular flexibility index (Phi) is 3.88. The Labute approximate surface area is 150 Å². The Hall–Kier alpha value is -3.28. The number of benzene rings is 2. The van der Waals surface area contributed by atoms with Crippen LogP contribution in [0.1, 0.15) is 10.6 Å². The number of hydrogen-bond acceptors (Lipinski definition) is 4. The van der Waals surface area contributed by atoms with Crippen LogP contribution in [0.2, 0.25) is 0 Å². The van der Waals surface area contributed by atoms with Gasteiger partial charge in [-0.2, -0.15) is 0 Å². The number of hydrogen-bond donors (Lipinski definition) is 0. The molecule has 1 aromatic heterocycles. The van der Waals surface area contributed by atoms with Gasteiger partial charge in [0, 0.05) is 19.5 Å². The zero-order chi connectivity index (χ0) is 18.3. The van der Waals surface area contributed by atoms with E-state index in [0.717, 1.165) is 5.39 Å². The predicted molar refractivity (Wildman–Crippen MR) is 97.4 cm³/mol. The van der Waals surface area contributed by atoms with Crippen LogP contribution in [0, 0.1) is 0 Å². The number of carbonyl (C=O) groups is 2. The van der Waals surface area contributed by atoms with Gasteiger partial charge in [-0.3, -0.25) is 14.5 Å². The standard InChI is InChI=1S/C20H18N2O4/c1-21(2)19(23)18-12-22(14-8-4-6-10-16(14)26-18)20(24)17-11-13-7-3-5-9-15(13)25-17/h3-11,18H,12H2,1-2H3/t18-/m1/s1. The Balaban J connectivity index is 1.73. The first-order chi connectivity index (χ1) is 12.5. The molecule has 6 heteroatoms. The summed E-state index contributed by atoms with van der Waals surface area (Å²) in [6.07, 6.45) is -0.756. The summed E-state index contributed by atoms with van der Waals surface area (Å²) < 4.78 is 11.5. The maximum atomic E-state index is 13.1. The van der Waals surface area contributed by atoms with Crippen LogP contribution in [0.3, 0.4) is 0 Å². The summed E-state index contributed by atoms with van der Waals surface area (Å²) in [4.78, 5) is 28.5. The summed E-state index contributed by atoms with van der Waals surface area (Å²) in [5.74, 6) is 0.248. The van der Waals surface area contributed by atoms with E-state index in [2.05, 4.69) is 0 Å². The number of para-hydroxylation sites is 3. The molecule has 26 heavy (non-hydrogen) atoms. The monoisotopic (exact) mass is 350 g/mol. The van der Waals surface area contributed by atoms with E-state index in [1.165, 1.54) is 4.90 Å². The number of carbonyl (C=O) groups excluding carboxylic acids is 2. The molecule has 1 aliphatic heterocycles. The second-order valence-corrected chi connectivity index (χ2v) is 6.37. The largest absolute Gasteiger partial charge is 0.476 e. The fourth-order valence-corrected chi connectivity index (χ4v) is 3.06. The molecule has 4 rings (SSSR count). The topological polar surface area (TPSA) is 63.0 Å². The number of rotatable bonds is 2. The molecule has 2 heterocycles. The van der Waals surface area contributed by atoms with E-state index in [9.17, 15) is 9.59 Å². The van der Waals surface area contributed by atoms with Gasteiger partial charge in [0.05, 0.1) is 12.2 Å². The molecular weight excluding hydrogens is 332 g/mol. The number of nitrogens with zero attached hydrogens (tertiary/aromatic N) is 2. The van der Waals surface area contributed by atoms with Crippen molar-refractivity contribution in [3.05, 3.63) is 60.4 Å². The SMILES string of the molecule is CN(C)C(=O)[C@H]1CN(C(=O)c2cc3ccccc3o2)c2ccccc2O1. The lowest BCUT2D eigenvalue weighted by Gasteiger charge is -2.34. The van der Waals surface area contributed by atoms with Crippen molar-refractivity contribution < 1.29 is 18.7 Å².